The molecule has 0 saturated carbocycles. The summed E-state index contributed by atoms with van der Waals surface area (Å²) in [5, 5.41) is 6.10. The Bertz CT molecular complexity index is 1310. The van der Waals surface area contributed by atoms with Crippen LogP contribution in [0.5, 0.6) is 0 Å². The minimum atomic E-state index is -0.464. The topological polar surface area (TPSA) is 97.9 Å². The van der Waals surface area contributed by atoms with Crippen molar-refractivity contribution in [2.24, 2.45) is 0 Å². The van der Waals surface area contributed by atoms with E-state index >= 15 is 0 Å². The lowest BCUT2D eigenvalue weighted by atomic mass is 9.92. The number of fused-ring (bicyclic) bond motifs is 1. The van der Waals surface area contributed by atoms with Gasteiger partial charge in [0.1, 0.15) is 17.9 Å². The van der Waals surface area contributed by atoms with Gasteiger partial charge in [0.2, 0.25) is 0 Å². The molecule has 190 valence electrons. The van der Waals surface area contributed by atoms with Gasteiger partial charge in [-0.3, -0.25) is 9.78 Å². The average molecular weight is 493 g/mol. The van der Waals surface area contributed by atoms with Gasteiger partial charge in [-0.2, -0.15) is 0 Å². The van der Waals surface area contributed by atoms with Crippen molar-refractivity contribution in [1.82, 2.24) is 30.2 Å². The number of imidazole rings is 1. The molecule has 0 aliphatic rings. The summed E-state index contributed by atoms with van der Waals surface area (Å²) in [5.74, 6) is 0.637. The maximum Gasteiger partial charge on any atom is 0.273 e. The molecule has 0 radical (unpaired) electrons. The fourth-order valence-electron chi connectivity index (χ4n) is 4.14. The molecular weight excluding hydrogens is 459 g/mol. The standard InChI is InChI=1S/C27H33FN6O2/c1-4-5-15-34-23-11-7-6-10-20(23)33-26(34)27(2,3)18-29-14-12-24-32-22(17-36-24)25(35)31-16-21-19(28)9-8-13-30-21/h6-11,13,17,29H,4-5,12,14-16,18H2,1-3H3,(H,31,35). The number of aromatic nitrogens is 4. The summed E-state index contributed by atoms with van der Waals surface area (Å²) in [4.78, 5) is 25.5. The van der Waals surface area contributed by atoms with E-state index in [0.29, 0.717) is 18.9 Å². The second-order valence-corrected chi connectivity index (χ2v) is 9.48. The van der Waals surface area contributed by atoms with Crippen molar-refractivity contribution < 1.29 is 13.6 Å². The molecule has 3 aromatic heterocycles. The van der Waals surface area contributed by atoms with Crippen LogP contribution in [-0.4, -0.2) is 38.5 Å². The van der Waals surface area contributed by atoms with E-state index in [-0.39, 0.29) is 23.3 Å². The van der Waals surface area contributed by atoms with Crippen molar-refractivity contribution in [3.8, 4) is 0 Å². The number of nitrogens with one attached hydrogen (secondary N) is 2. The third-order valence-electron chi connectivity index (χ3n) is 6.11. The summed E-state index contributed by atoms with van der Waals surface area (Å²) in [6, 6.07) is 11.1. The number of hydrogen-bond donors (Lipinski definition) is 2. The fourth-order valence-corrected chi connectivity index (χ4v) is 4.14. The first-order valence-electron chi connectivity index (χ1n) is 12.4. The highest BCUT2D eigenvalue weighted by molar-refractivity contribution is 5.91. The first-order chi connectivity index (χ1) is 17.4. The molecule has 0 atom stereocenters. The van der Waals surface area contributed by atoms with Gasteiger partial charge in [-0.1, -0.05) is 39.3 Å². The molecule has 9 heteroatoms. The number of carbonyl (C=O) groups is 1. The van der Waals surface area contributed by atoms with Crippen LogP contribution in [-0.2, 0) is 24.9 Å². The molecule has 0 fully saturated rings. The second-order valence-electron chi connectivity index (χ2n) is 9.48. The van der Waals surface area contributed by atoms with Crippen LogP contribution in [0.25, 0.3) is 11.0 Å². The molecule has 0 saturated heterocycles. The first kappa shape index (κ1) is 25.5. The number of hydrogen-bond acceptors (Lipinski definition) is 6. The van der Waals surface area contributed by atoms with E-state index in [1.54, 1.807) is 0 Å². The molecular formula is C27H33FN6O2. The van der Waals surface area contributed by atoms with Crippen LogP contribution in [0, 0.1) is 5.82 Å². The predicted molar refractivity (Wildman–Crippen MR) is 136 cm³/mol. The highest BCUT2D eigenvalue weighted by atomic mass is 19.1. The molecule has 36 heavy (non-hydrogen) atoms. The van der Waals surface area contributed by atoms with Crippen molar-refractivity contribution >= 4 is 16.9 Å². The molecule has 4 aromatic rings. The van der Waals surface area contributed by atoms with E-state index < -0.39 is 11.7 Å². The zero-order chi connectivity index (χ0) is 25.5. The van der Waals surface area contributed by atoms with Crippen LogP contribution >= 0.6 is 0 Å². The van der Waals surface area contributed by atoms with Gasteiger partial charge in [-0.15, -0.1) is 0 Å². The van der Waals surface area contributed by atoms with Crippen molar-refractivity contribution in [3.63, 3.8) is 0 Å². The lowest BCUT2D eigenvalue weighted by molar-refractivity contribution is 0.0945. The minimum absolute atomic E-state index is 0.0205. The number of para-hydroxylation sites is 2. The van der Waals surface area contributed by atoms with Crippen LogP contribution in [0.1, 0.15) is 61.5 Å². The first-order valence-corrected chi connectivity index (χ1v) is 12.4. The quantitative estimate of drug-likeness (QED) is 0.285. The van der Waals surface area contributed by atoms with Crippen LogP contribution in [0.15, 0.2) is 53.3 Å². The molecule has 0 unspecified atom stereocenters. The van der Waals surface area contributed by atoms with Gasteiger partial charge >= 0.3 is 0 Å². The Labute approximate surface area is 210 Å². The summed E-state index contributed by atoms with van der Waals surface area (Å²) in [6.45, 7) is 8.88. The number of halogens is 1. The van der Waals surface area contributed by atoms with Gasteiger partial charge < -0.3 is 19.6 Å². The van der Waals surface area contributed by atoms with E-state index in [1.165, 1.54) is 30.1 Å². The van der Waals surface area contributed by atoms with Crippen LogP contribution in [0.4, 0.5) is 4.39 Å². The van der Waals surface area contributed by atoms with E-state index in [2.05, 4.69) is 64.1 Å². The van der Waals surface area contributed by atoms with Crippen molar-refractivity contribution in [1.29, 1.82) is 0 Å². The van der Waals surface area contributed by atoms with Gasteiger partial charge in [0.15, 0.2) is 11.6 Å². The molecule has 0 bridgehead atoms. The van der Waals surface area contributed by atoms with E-state index in [1.807, 2.05) is 6.07 Å². The molecule has 1 amide bonds. The largest absolute Gasteiger partial charge is 0.448 e. The number of amides is 1. The van der Waals surface area contributed by atoms with Gasteiger partial charge in [-0.25, -0.2) is 14.4 Å². The molecule has 0 aliphatic carbocycles. The Morgan fingerprint density at radius 3 is 2.81 bits per heavy atom. The summed E-state index contributed by atoms with van der Waals surface area (Å²) in [5.41, 5.74) is 2.34. The predicted octanol–water partition coefficient (Wildman–Crippen LogP) is 4.40. The van der Waals surface area contributed by atoms with Crippen LogP contribution in [0.2, 0.25) is 0 Å². The van der Waals surface area contributed by atoms with Crippen molar-refractivity contribution in [3.05, 3.63) is 77.8 Å². The van der Waals surface area contributed by atoms with Gasteiger partial charge in [0, 0.05) is 37.7 Å². The summed E-state index contributed by atoms with van der Waals surface area (Å²) >= 11 is 0. The maximum absolute atomic E-state index is 13.7. The van der Waals surface area contributed by atoms with Gasteiger partial charge in [0.25, 0.3) is 5.91 Å². The van der Waals surface area contributed by atoms with E-state index in [0.717, 1.165) is 37.3 Å². The van der Waals surface area contributed by atoms with Crippen LogP contribution in [0.3, 0.4) is 0 Å². The third kappa shape index (κ3) is 5.96. The molecule has 1 aromatic carbocycles. The molecule has 0 spiro atoms. The highest BCUT2D eigenvalue weighted by Crippen LogP contribution is 2.27. The van der Waals surface area contributed by atoms with Crippen molar-refractivity contribution in [2.75, 3.05) is 13.1 Å². The Kier molecular flexibility index (Phi) is 8.10. The summed E-state index contributed by atoms with van der Waals surface area (Å²) < 4.78 is 21.5. The smallest absolute Gasteiger partial charge is 0.273 e. The highest BCUT2D eigenvalue weighted by Gasteiger charge is 2.27. The Balaban J connectivity index is 1.30. The molecule has 4 rings (SSSR count). The maximum atomic E-state index is 13.7. The Morgan fingerprint density at radius 2 is 2.00 bits per heavy atom. The second kappa shape index (κ2) is 11.4. The molecule has 0 aliphatic heterocycles. The number of carbonyl (C=O) groups excluding carboxylic acids is 1. The number of pyridine rings is 1. The zero-order valence-corrected chi connectivity index (χ0v) is 21.1. The number of unbranched alkanes of at least 4 members (excludes halogenated alkanes) is 1. The third-order valence-corrected chi connectivity index (χ3v) is 6.11. The van der Waals surface area contributed by atoms with Crippen molar-refractivity contribution in [2.45, 2.75) is 58.5 Å². The fraction of sp³-hybridized carbons (Fsp3) is 0.407. The number of benzene rings is 1. The zero-order valence-electron chi connectivity index (χ0n) is 21.1. The SMILES string of the molecule is CCCCn1c(C(C)(C)CNCCc2nc(C(=O)NCc3ncccc3F)co2)nc2ccccc21. The normalized spacial score (nSPS) is 11.8. The average Bonchev–Trinajstić information content (AvgIpc) is 3.50. The van der Waals surface area contributed by atoms with Gasteiger partial charge in [-0.05, 0) is 30.7 Å². The molecule has 8 nitrogen and oxygen atoms in total. The molecule has 2 N–H and O–H groups in total. The lowest BCUT2D eigenvalue weighted by Gasteiger charge is -2.26. The number of rotatable bonds is 12. The van der Waals surface area contributed by atoms with Crippen LogP contribution < -0.4 is 10.6 Å². The monoisotopic (exact) mass is 492 g/mol. The Hall–Kier alpha value is -3.59. The summed E-state index contributed by atoms with van der Waals surface area (Å²) in [7, 11) is 0. The molecule has 3 heterocycles. The van der Waals surface area contributed by atoms with E-state index in [4.69, 9.17) is 9.40 Å². The summed E-state index contributed by atoms with van der Waals surface area (Å²) in [6.07, 6.45) is 5.56. The Morgan fingerprint density at radius 1 is 1.17 bits per heavy atom. The number of oxazole rings is 1. The lowest BCUT2D eigenvalue weighted by Crippen LogP contribution is -2.36. The van der Waals surface area contributed by atoms with Gasteiger partial charge in [0.05, 0.1) is 23.3 Å². The van der Waals surface area contributed by atoms with E-state index in [9.17, 15) is 9.18 Å². The number of nitrogens with zero attached hydrogens (tertiary/aromatic N) is 4. The minimum Gasteiger partial charge on any atom is -0.448 e. The number of aryl methyl sites for hydroxylation is 1.